The van der Waals surface area contributed by atoms with Crippen LogP contribution in [0.2, 0.25) is 0 Å². The molecule has 0 aliphatic carbocycles. The van der Waals surface area contributed by atoms with Gasteiger partial charge in [0.15, 0.2) is 0 Å². The number of rotatable bonds is 2. The van der Waals surface area contributed by atoms with Gasteiger partial charge in [-0.2, -0.15) is 0 Å². The Morgan fingerprint density at radius 2 is 1.10 bits per heavy atom. The Morgan fingerprint density at radius 1 is 0.900 bits per heavy atom. The van der Waals surface area contributed by atoms with Crippen LogP contribution in [0.3, 0.4) is 0 Å². The van der Waals surface area contributed by atoms with Crippen LogP contribution in [0.5, 0.6) is 0 Å². The van der Waals surface area contributed by atoms with E-state index in [1.807, 2.05) is 0 Å². The minimum atomic E-state index is -6.07. The maximum absolute atomic E-state index is 9.38. The summed E-state index contributed by atoms with van der Waals surface area (Å²) < 4.78 is 58.9. The van der Waals surface area contributed by atoms with Crippen molar-refractivity contribution in [1.29, 1.82) is 0 Å². The van der Waals surface area contributed by atoms with Crippen LogP contribution in [0, 0.1) is 0 Å². The second kappa shape index (κ2) is 3.94. The van der Waals surface area contributed by atoms with Crippen molar-refractivity contribution in [2.24, 2.45) is 0 Å². The maximum atomic E-state index is 9.38. The van der Waals surface area contributed by atoms with E-state index in [2.05, 4.69) is 2.84 Å². The van der Waals surface area contributed by atoms with Gasteiger partial charge in [0.1, 0.15) is 0 Å². The molecule has 0 fully saturated rings. The minimum absolute atomic E-state index is 0. The molecule has 0 aromatic rings. The topological polar surface area (TPSA) is 124 Å². The summed E-state index contributed by atoms with van der Waals surface area (Å²) in [5.74, 6) is 0. The normalized spacial score (nSPS) is 12.2. The third-order valence-corrected chi connectivity index (χ3v) is 2.83. The van der Waals surface area contributed by atoms with E-state index in [-0.39, 0.29) is 18.9 Å². The molecule has 10 heteroatoms. The standard InChI is InChI=1S/2Cr.Li.7O/q;;+1;;;;;;2*-1. The van der Waals surface area contributed by atoms with Crippen molar-refractivity contribution >= 4 is 0 Å². The van der Waals surface area contributed by atoms with Gasteiger partial charge in [0.05, 0.1) is 0 Å². The first kappa shape index (κ1) is 13.3. The van der Waals surface area contributed by atoms with E-state index in [9.17, 15) is 23.5 Å². The summed E-state index contributed by atoms with van der Waals surface area (Å²) in [7, 11) is 0. The monoisotopic (exact) mass is 223 g/mol. The molecule has 0 aliphatic heterocycles. The van der Waals surface area contributed by atoms with Crippen LogP contribution in [0.15, 0.2) is 0 Å². The Labute approximate surface area is 72.3 Å². The Morgan fingerprint density at radius 3 is 1.10 bits per heavy atom. The summed E-state index contributed by atoms with van der Waals surface area (Å²) in [5.41, 5.74) is 0. The Balaban J connectivity index is 0. The van der Waals surface area contributed by atoms with Gasteiger partial charge in [-0.25, -0.2) is 0 Å². The molecule has 0 bridgehead atoms. The molecule has 0 rings (SSSR count). The van der Waals surface area contributed by atoms with Gasteiger partial charge in [0, 0.05) is 0 Å². The molecule has 0 saturated heterocycles. The van der Waals surface area contributed by atoms with Crippen molar-refractivity contribution in [1.82, 2.24) is 0 Å². The van der Waals surface area contributed by atoms with Gasteiger partial charge in [-0.05, 0) is 0 Å². The Kier molecular flexibility index (Phi) is 5.26. The second-order valence-corrected chi connectivity index (χ2v) is 4.52. The molecule has 10 heavy (non-hydrogen) atoms. The quantitative estimate of drug-likeness (QED) is 0.426. The van der Waals surface area contributed by atoms with E-state index in [4.69, 9.17) is 0 Å². The molecule has 0 aromatic heterocycles. The van der Waals surface area contributed by atoms with Gasteiger partial charge in [-0.15, -0.1) is 0 Å². The molecule has 0 heterocycles. The van der Waals surface area contributed by atoms with E-state index >= 15 is 0 Å². The SMILES string of the molecule is [Li+].[O]=[Cr](=[O])([O-])[O][Cr](=[O])(=[O])[O-]. The van der Waals surface area contributed by atoms with Gasteiger partial charge in [-0.3, -0.25) is 0 Å². The zero-order valence-corrected chi connectivity index (χ0v) is 7.22. The van der Waals surface area contributed by atoms with Crippen LogP contribution in [0.1, 0.15) is 0 Å². The van der Waals surface area contributed by atoms with Gasteiger partial charge < -0.3 is 0 Å². The predicted molar refractivity (Wildman–Crippen MR) is 3.83 cm³/mol. The molecular weight excluding hydrogens is 223 g/mol. The summed E-state index contributed by atoms with van der Waals surface area (Å²) in [4.78, 5) is 0. The third kappa shape index (κ3) is 11.5. The van der Waals surface area contributed by atoms with Crippen LogP contribution in [-0.2, 0) is 45.3 Å². The average Bonchev–Trinajstić information content (AvgIpc) is 1.14. The van der Waals surface area contributed by atoms with Crippen LogP contribution >= 0.6 is 0 Å². The Hall–Kier alpha value is 0.742. The first-order chi connectivity index (χ1) is 3.71. The van der Waals surface area contributed by atoms with E-state index in [1.165, 1.54) is 0 Å². The molecule has 0 unspecified atom stereocenters. The fourth-order valence-corrected chi connectivity index (χ4v) is 1.74. The van der Waals surface area contributed by atoms with Crippen molar-refractivity contribution in [2.75, 3.05) is 0 Å². The van der Waals surface area contributed by atoms with Gasteiger partial charge in [0.25, 0.3) is 0 Å². The molecule has 7 nitrogen and oxygen atoms in total. The van der Waals surface area contributed by atoms with Crippen molar-refractivity contribution in [2.45, 2.75) is 0 Å². The summed E-state index contributed by atoms with van der Waals surface area (Å²) in [5, 5.41) is 0. The van der Waals surface area contributed by atoms with Crippen molar-refractivity contribution in [3.63, 3.8) is 0 Å². The number of hydrogen-bond acceptors (Lipinski definition) is 7. The van der Waals surface area contributed by atoms with Crippen molar-refractivity contribution in [3.05, 3.63) is 0 Å². The molecular formula is Cr2LiO7-. The first-order valence-electron chi connectivity index (χ1n) is 1.33. The summed E-state index contributed by atoms with van der Waals surface area (Å²) in [6.07, 6.45) is 0. The van der Waals surface area contributed by atoms with Gasteiger partial charge in [0.2, 0.25) is 0 Å². The third-order valence-electron chi connectivity index (χ3n) is 0.167. The number of hydrogen-bond donors (Lipinski definition) is 0. The molecule has 0 aromatic carbocycles. The second-order valence-electron chi connectivity index (χ2n) is 0.885. The molecule has 0 atom stereocenters. The van der Waals surface area contributed by atoms with E-state index in [0.29, 0.717) is 0 Å². The fraction of sp³-hybridized carbons (Fsp3) is 0. The zero-order valence-electron chi connectivity index (χ0n) is 4.67. The molecule has 0 aliphatic rings. The van der Waals surface area contributed by atoms with Gasteiger partial charge in [-0.1, -0.05) is 0 Å². The van der Waals surface area contributed by atoms with Crippen LogP contribution in [0.25, 0.3) is 0 Å². The van der Waals surface area contributed by atoms with Crippen molar-refractivity contribution in [3.8, 4) is 0 Å². The van der Waals surface area contributed by atoms with E-state index < -0.39 is 27.2 Å². The fourth-order valence-electron chi connectivity index (χ4n) is 0.102. The average molecular weight is 223 g/mol. The molecule has 0 amide bonds. The Bertz CT molecular complexity index is 237. The first-order valence-corrected chi connectivity index (χ1v) is 5.50. The molecule has 0 saturated carbocycles. The van der Waals surface area contributed by atoms with Crippen LogP contribution in [-0.4, -0.2) is 0 Å². The van der Waals surface area contributed by atoms with E-state index in [0.717, 1.165) is 0 Å². The summed E-state index contributed by atoms with van der Waals surface area (Å²) in [6.45, 7) is 0. The summed E-state index contributed by atoms with van der Waals surface area (Å²) >= 11 is -12.1. The molecule has 0 N–H and O–H groups in total. The molecule has 0 spiro atoms. The van der Waals surface area contributed by atoms with Crippen LogP contribution in [0.4, 0.5) is 0 Å². The molecule has 56 valence electrons. The van der Waals surface area contributed by atoms with Crippen LogP contribution < -0.4 is 27.2 Å². The van der Waals surface area contributed by atoms with E-state index in [1.54, 1.807) is 0 Å². The van der Waals surface area contributed by atoms with Gasteiger partial charge >= 0.3 is 72.5 Å². The summed E-state index contributed by atoms with van der Waals surface area (Å²) in [6, 6.07) is 0. The predicted octanol–water partition coefficient (Wildman–Crippen LogP) is -5.92. The van der Waals surface area contributed by atoms with Crippen molar-refractivity contribution < 1.29 is 72.5 Å². The molecule has 0 radical (unpaired) electrons. The zero-order chi connectivity index (χ0) is 7.71.